The second-order valence-electron chi connectivity index (χ2n) is 9.46. The standard InChI is InChI=1S/C24H27BrClN5O4/c25-16-3-1-2-15(12-16)24(7-8-24)22(33)30-9-4-17(5-10-30)28-23(34)35-18-6-11-31(14-18)19-13-27-29-21(32)20(19)26/h1-3,12-13,17-18H,4-11,14H2,(H,28,34)(H,29,32)/t18-/m1/s1. The van der Waals surface area contributed by atoms with Crippen molar-refractivity contribution in [2.75, 3.05) is 31.1 Å². The molecule has 2 saturated heterocycles. The molecule has 9 nitrogen and oxygen atoms in total. The second kappa shape index (κ2) is 9.81. The third-order valence-corrected chi connectivity index (χ3v) is 8.04. The van der Waals surface area contributed by atoms with Gasteiger partial charge < -0.3 is 19.9 Å². The molecule has 2 N–H and O–H groups in total. The number of anilines is 1. The lowest BCUT2D eigenvalue weighted by atomic mass is 9.93. The summed E-state index contributed by atoms with van der Waals surface area (Å²) < 4.78 is 6.60. The van der Waals surface area contributed by atoms with Crippen molar-refractivity contribution in [3.63, 3.8) is 0 Å². The number of nitrogens with one attached hydrogen (secondary N) is 2. The van der Waals surface area contributed by atoms with Crippen molar-refractivity contribution >= 4 is 45.2 Å². The van der Waals surface area contributed by atoms with Gasteiger partial charge in [0.05, 0.1) is 23.8 Å². The molecular formula is C24H27BrClN5O4. The van der Waals surface area contributed by atoms with Gasteiger partial charge in [0, 0.05) is 36.6 Å². The highest BCUT2D eigenvalue weighted by molar-refractivity contribution is 9.10. The summed E-state index contributed by atoms with van der Waals surface area (Å²) in [6.07, 6.45) is 4.54. The van der Waals surface area contributed by atoms with Crippen molar-refractivity contribution in [1.82, 2.24) is 20.4 Å². The number of rotatable bonds is 5. The van der Waals surface area contributed by atoms with Crippen molar-refractivity contribution in [3.05, 3.63) is 55.9 Å². The Hall–Kier alpha value is -2.59. The van der Waals surface area contributed by atoms with E-state index < -0.39 is 11.7 Å². The van der Waals surface area contributed by atoms with E-state index in [0.29, 0.717) is 51.1 Å². The first-order chi connectivity index (χ1) is 16.9. The van der Waals surface area contributed by atoms with Gasteiger partial charge in [0.15, 0.2) is 0 Å². The summed E-state index contributed by atoms with van der Waals surface area (Å²) in [5.74, 6) is 0.190. The molecule has 186 valence electrons. The molecule has 2 aliphatic heterocycles. The summed E-state index contributed by atoms with van der Waals surface area (Å²) in [6, 6.07) is 7.99. The number of hydrogen-bond acceptors (Lipinski definition) is 6. The lowest BCUT2D eigenvalue weighted by Gasteiger charge is -2.35. The molecule has 1 atom stereocenters. The molecule has 0 bridgehead atoms. The molecule has 5 rings (SSSR count). The number of aromatic amines is 1. The Morgan fingerprint density at radius 2 is 1.97 bits per heavy atom. The van der Waals surface area contributed by atoms with E-state index in [9.17, 15) is 14.4 Å². The van der Waals surface area contributed by atoms with Crippen LogP contribution < -0.4 is 15.8 Å². The Kier molecular flexibility index (Phi) is 6.76. The summed E-state index contributed by atoms with van der Waals surface area (Å²) in [5, 5.41) is 9.14. The summed E-state index contributed by atoms with van der Waals surface area (Å²) in [5.41, 5.74) is 0.776. The summed E-state index contributed by atoms with van der Waals surface area (Å²) in [4.78, 5) is 41.3. The van der Waals surface area contributed by atoms with Crippen molar-refractivity contribution in [3.8, 4) is 0 Å². The van der Waals surface area contributed by atoms with Crippen LogP contribution >= 0.6 is 27.5 Å². The monoisotopic (exact) mass is 563 g/mol. The quantitative estimate of drug-likeness (QED) is 0.578. The largest absolute Gasteiger partial charge is 0.444 e. The van der Waals surface area contributed by atoms with E-state index in [1.807, 2.05) is 34.1 Å². The van der Waals surface area contributed by atoms with E-state index in [1.165, 1.54) is 6.20 Å². The second-order valence-corrected chi connectivity index (χ2v) is 10.8. The molecule has 0 unspecified atom stereocenters. The fraction of sp³-hybridized carbons (Fsp3) is 0.500. The molecule has 1 aromatic carbocycles. The molecule has 1 aromatic heterocycles. The first kappa shape index (κ1) is 24.1. The fourth-order valence-electron chi connectivity index (χ4n) is 5.06. The summed E-state index contributed by atoms with van der Waals surface area (Å²) in [6.45, 7) is 2.29. The van der Waals surface area contributed by atoms with Crippen LogP contribution in [0.15, 0.2) is 39.7 Å². The zero-order valence-electron chi connectivity index (χ0n) is 19.1. The Balaban J connectivity index is 1.09. The predicted octanol–water partition coefficient (Wildman–Crippen LogP) is 3.21. The number of piperidine rings is 1. The maximum absolute atomic E-state index is 13.3. The van der Waals surface area contributed by atoms with Gasteiger partial charge in [-0.3, -0.25) is 9.59 Å². The van der Waals surface area contributed by atoms with Gasteiger partial charge in [0.25, 0.3) is 5.56 Å². The van der Waals surface area contributed by atoms with E-state index >= 15 is 0 Å². The zero-order valence-corrected chi connectivity index (χ0v) is 21.5. The first-order valence-electron chi connectivity index (χ1n) is 11.9. The van der Waals surface area contributed by atoms with Crippen LogP contribution in [0.25, 0.3) is 0 Å². The highest BCUT2D eigenvalue weighted by Gasteiger charge is 2.53. The first-order valence-corrected chi connectivity index (χ1v) is 13.0. The molecular weight excluding hydrogens is 538 g/mol. The third kappa shape index (κ3) is 5.04. The minimum Gasteiger partial charge on any atom is -0.444 e. The summed E-state index contributed by atoms with van der Waals surface area (Å²) in [7, 11) is 0. The molecule has 1 saturated carbocycles. The van der Waals surface area contributed by atoms with Crippen molar-refractivity contribution in [1.29, 1.82) is 0 Å². The van der Waals surface area contributed by atoms with Crippen LogP contribution in [0.5, 0.6) is 0 Å². The number of carbonyl (C=O) groups excluding carboxylic acids is 2. The molecule has 35 heavy (non-hydrogen) atoms. The SMILES string of the molecule is O=C(NC1CCN(C(=O)C2(c3cccc(Br)c3)CC2)CC1)O[C@@H]1CCN(c2cn[nH]c(=O)c2Cl)C1. The lowest BCUT2D eigenvalue weighted by Crippen LogP contribution is -2.49. The molecule has 2 aromatic rings. The van der Waals surface area contributed by atoms with Crippen molar-refractivity contribution in [2.45, 2.75) is 49.7 Å². The number of H-pyrrole nitrogens is 1. The molecule has 3 aliphatic rings. The number of ether oxygens (including phenoxy) is 1. The molecule has 3 heterocycles. The fourth-order valence-corrected chi connectivity index (χ4v) is 5.67. The Bertz CT molecular complexity index is 1180. The van der Waals surface area contributed by atoms with Gasteiger partial charge in [-0.2, -0.15) is 5.10 Å². The number of halogens is 2. The Morgan fingerprint density at radius 1 is 1.20 bits per heavy atom. The molecule has 0 spiro atoms. The van der Waals surface area contributed by atoms with E-state index in [1.54, 1.807) is 0 Å². The number of nitrogens with zero attached hydrogens (tertiary/aromatic N) is 3. The topological polar surface area (TPSA) is 108 Å². The smallest absolute Gasteiger partial charge is 0.407 e. The maximum atomic E-state index is 13.3. The van der Waals surface area contributed by atoms with Crippen LogP contribution in [-0.2, 0) is 14.9 Å². The normalized spacial score (nSPS) is 21.6. The van der Waals surface area contributed by atoms with E-state index in [-0.39, 0.29) is 28.5 Å². The van der Waals surface area contributed by atoms with Gasteiger partial charge in [-0.05, 0) is 43.4 Å². The number of alkyl carbamates (subject to hydrolysis) is 1. The lowest BCUT2D eigenvalue weighted by molar-refractivity contribution is -0.135. The molecule has 3 fully saturated rings. The number of likely N-dealkylation sites (tertiary alicyclic amines) is 1. The van der Waals surface area contributed by atoms with Crippen LogP contribution in [0, 0.1) is 0 Å². The number of amides is 2. The van der Waals surface area contributed by atoms with Crippen LogP contribution in [0.4, 0.5) is 10.5 Å². The van der Waals surface area contributed by atoms with Gasteiger partial charge in [-0.1, -0.05) is 39.7 Å². The summed E-state index contributed by atoms with van der Waals surface area (Å²) >= 11 is 9.60. The number of aromatic nitrogens is 2. The number of carbonyl (C=O) groups is 2. The Labute approximate surface area is 216 Å². The molecule has 11 heteroatoms. The molecule has 0 radical (unpaired) electrons. The van der Waals surface area contributed by atoms with Gasteiger partial charge in [0.1, 0.15) is 11.1 Å². The van der Waals surface area contributed by atoms with Crippen LogP contribution in [0.1, 0.15) is 37.7 Å². The van der Waals surface area contributed by atoms with Crippen molar-refractivity contribution < 1.29 is 14.3 Å². The van der Waals surface area contributed by atoms with Crippen LogP contribution in [0.2, 0.25) is 5.02 Å². The van der Waals surface area contributed by atoms with Gasteiger partial charge in [-0.25, -0.2) is 9.89 Å². The van der Waals surface area contributed by atoms with Gasteiger partial charge in [0.2, 0.25) is 5.91 Å². The number of benzene rings is 1. The third-order valence-electron chi connectivity index (χ3n) is 7.18. The van der Waals surface area contributed by atoms with E-state index in [4.69, 9.17) is 16.3 Å². The molecule has 2 amide bonds. The minimum atomic E-state index is -0.454. The van der Waals surface area contributed by atoms with Gasteiger partial charge in [-0.15, -0.1) is 0 Å². The average molecular weight is 565 g/mol. The van der Waals surface area contributed by atoms with Crippen LogP contribution in [0.3, 0.4) is 0 Å². The van der Waals surface area contributed by atoms with Gasteiger partial charge >= 0.3 is 6.09 Å². The highest BCUT2D eigenvalue weighted by Crippen LogP contribution is 2.50. The maximum Gasteiger partial charge on any atom is 0.407 e. The van der Waals surface area contributed by atoms with Crippen molar-refractivity contribution in [2.24, 2.45) is 0 Å². The van der Waals surface area contributed by atoms with E-state index in [0.717, 1.165) is 22.9 Å². The predicted molar refractivity (Wildman–Crippen MR) is 135 cm³/mol. The zero-order chi connectivity index (χ0) is 24.6. The average Bonchev–Trinajstić information content (AvgIpc) is 3.54. The molecule has 1 aliphatic carbocycles. The number of hydrogen-bond donors (Lipinski definition) is 2. The van der Waals surface area contributed by atoms with Crippen LogP contribution in [-0.4, -0.2) is 65.4 Å². The Morgan fingerprint density at radius 3 is 2.69 bits per heavy atom. The highest BCUT2D eigenvalue weighted by atomic mass is 79.9. The minimum absolute atomic E-state index is 0.0311. The van der Waals surface area contributed by atoms with E-state index in [2.05, 4.69) is 31.4 Å².